The standard InChI is InChI=1S/C12H16F2N2O2S2/c1-15-8-9-6-10(13)12(14)11(7-9)20(17,18)16-2-4-19-5-3-16/h6-7,15H,2-5,8H2,1H3. The maximum atomic E-state index is 13.9. The lowest BCUT2D eigenvalue weighted by atomic mass is 10.2. The van der Waals surface area contributed by atoms with Crippen LogP contribution in [0.1, 0.15) is 5.56 Å². The van der Waals surface area contributed by atoms with Crippen LogP contribution in [0.3, 0.4) is 0 Å². The third-order valence-electron chi connectivity index (χ3n) is 3.02. The number of nitrogens with zero attached hydrogens (tertiary/aromatic N) is 1. The largest absolute Gasteiger partial charge is 0.316 e. The van der Waals surface area contributed by atoms with Crippen molar-refractivity contribution in [3.05, 3.63) is 29.3 Å². The number of sulfonamides is 1. The van der Waals surface area contributed by atoms with E-state index in [1.54, 1.807) is 18.8 Å². The fourth-order valence-corrected chi connectivity index (χ4v) is 4.74. The van der Waals surface area contributed by atoms with Gasteiger partial charge in [-0.2, -0.15) is 16.1 Å². The van der Waals surface area contributed by atoms with E-state index >= 15 is 0 Å². The molecule has 1 aliphatic rings. The molecule has 0 unspecified atom stereocenters. The number of halogens is 2. The zero-order chi connectivity index (χ0) is 14.8. The Bertz CT molecular complexity index is 587. The normalized spacial score (nSPS) is 17.4. The van der Waals surface area contributed by atoms with Gasteiger partial charge in [0.2, 0.25) is 10.0 Å². The predicted octanol–water partition coefficient (Wildman–Crippen LogP) is 1.42. The molecule has 1 heterocycles. The van der Waals surface area contributed by atoms with Crippen LogP contribution in [0.15, 0.2) is 17.0 Å². The molecule has 2 rings (SSSR count). The van der Waals surface area contributed by atoms with Crippen LogP contribution in [0.5, 0.6) is 0 Å². The number of hydrogen-bond donors (Lipinski definition) is 1. The van der Waals surface area contributed by atoms with E-state index in [2.05, 4.69) is 5.32 Å². The number of benzene rings is 1. The maximum absolute atomic E-state index is 13.9. The highest BCUT2D eigenvalue weighted by Gasteiger charge is 2.30. The Balaban J connectivity index is 2.44. The summed E-state index contributed by atoms with van der Waals surface area (Å²) in [5, 5.41) is 2.79. The van der Waals surface area contributed by atoms with Gasteiger partial charge < -0.3 is 5.32 Å². The van der Waals surface area contributed by atoms with E-state index in [0.29, 0.717) is 30.2 Å². The molecule has 1 aliphatic heterocycles. The molecule has 1 aromatic rings. The van der Waals surface area contributed by atoms with Crippen molar-refractivity contribution in [1.82, 2.24) is 9.62 Å². The first-order valence-electron chi connectivity index (χ1n) is 6.17. The van der Waals surface area contributed by atoms with Crippen LogP contribution in [-0.2, 0) is 16.6 Å². The second kappa shape index (κ2) is 6.38. The lowest BCUT2D eigenvalue weighted by molar-refractivity contribution is 0.430. The fraction of sp³-hybridized carbons (Fsp3) is 0.500. The minimum absolute atomic E-state index is 0.273. The fourth-order valence-electron chi connectivity index (χ4n) is 2.04. The van der Waals surface area contributed by atoms with Gasteiger partial charge in [-0.3, -0.25) is 0 Å². The van der Waals surface area contributed by atoms with Crippen molar-refractivity contribution in [2.45, 2.75) is 11.4 Å². The van der Waals surface area contributed by atoms with Crippen LogP contribution in [0.2, 0.25) is 0 Å². The molecule has 1 aromatic carbocycles. The van der Waals surface area contributed by atoms with Crippen LogP contribution in [-0.4, -0.2) is 44.4 Å². The molecule has 0 bridgehead atoms. The quantitative estimate of drug-likeness (QED) is 0.911. The summed E-state index contributed by atoms with van der Waals surface area (Å²) in [6.07, 6.45) is 0. The van der Waals surface area contributed by atoms with E-state index < -0.39 is 26.6 Å². The van der Waals surface area contributed by atoms with Crippen LogP contribution in [0.25, 0.3) is 0 Å². The summed E-state index contributed by atoms with van der Waals surface area (Å²) in [5.41, 5.74) is 0.399. The van der Waals surface area contributed by atoms with E-state index in [1.807, 2.05) is 0 Å². The van der Waals surface area contributed by atoms with Crippen molar-refractivity contribution in [3.8, 4) is 0 Å². The molecule has 0 aliphatic carbocycles. The van der Waals surface area contributed by atoms with Crippen molar-refractivity contribution >= 4 is 21.8 Å². The van der Waals surface area contributed by atoms with Crippen molar-refractivity contribution in [1.29, 1.82) is 0 Å². The second-order valence-electron chi connectivity index (χ2n) is 4.44. The molecule has 0 amide bonds. The van der Waals surface area contributed by atoms with Gasteiger partial charge in [0.25, 0.3) is 0 Å². The average Bonchev–Trinajstić information content (AvgIpc) is 2.43. The minimum atomic E-state index is -3.98. The van der Waals surface area contributed by atoms with Gasteiger partial charge in [-0.05, 0) is 24.7 Å². The number of rotatable bonds is 4. The van der Waals surface area contributed by atoms with Gasteiger partial charge in [0.1, 0.15) is 4.90 Å². The van der Waals surface area contributed by atoms with Gasteiger partial charge in [0.05, 0.1) is 0 Å². The monoisotopic (exact) mass is 322 g/mol. The zero-order valence-electron chi connectivity index (χ0n) is 11.0. The molecule has 4 nitrogen and oxygen atoms in total. The topological polar surface area (TPSA) is 49.4 Å². The van der Waals surface area contributed by atoms with E-state index in [0.717, 1.165) is 6.07 Å². The first-order chi connectivity index (χ1) is 9.46. The highest BCUT2D eigenvalue weighted by molar-refractivity contribution is 7.99. The van der Waals surface area contributed by atoms with E-state index in [4.69, 9.17) is 0 Å². The summed E-state index contributed by atoms with van der Waals surface area (Å²) < 4.78 is 53.5. The van der Waals surface area contributed by atoms with E-state index in [1.165, 1.54) is 10.4 Å². The highest BCUT2D eigenvalue weighted by Crippen LogP contribution is 2.25. The molecule has 0 saturated carbocycles. The Morgan fingerprint density at radius 2 is 1.95 bits per heavy atom. The molecule has 112 valence electrons. The van der Waals surface area contributed by atoms with Crippen LogP contribution in [0.4, 0.5) is 8.78 Å². The van der Waals surface area contributed by atoms with Crippen molar-refractivity contribution in [3.63, 3.8) is 0 Å². The smallest absolute Gasteiger partial charge is 0.246 e. The van der Waals surface area contributed by atoms with Crippen molar-refractivity contribution in [2.75, 3.05) is 31.6 Å². The molecule has 0 atom stereocenters. The molecule has 1 fully saturated rings. The minimum Gasteiger partial charge on any atom is -0.316 e. The first-order valence-corrected chi connectivity index (χ1v) is 8.76. The summed E-state index contributed by atoms with van der Waals surface area (Å²) >= 11 is 1.64. The van der Waals surface area contributed by atoms with E-state index in [9.17, 15) is 17.2 Å². The van der Waals surface area contributed by atoms with Gasteiger partial charge >= 0.3 is 0 Å². The second-order valence-corrected chi connectivity index (χ2v) is 7.57. The SMILES string of the molecule is CNCc1cc(F)c(F)c(S(=O)(=O)N2CCSCC2)c1. The lowest BCUT2D eigenvalue weighted by Crippen LogP contribution is -2.38. The Morgan fingerprint density at radius 1 is 1.30 bits per heavy atom. The summed E-state index contributed by atoms with van der Waals surface area (Å²) in [6, 6.07) is 2.21. The van der Waals surface area contributed by atoms with Gasteiger partial charge in [0, 0.05) is 31.1 Å². The molecule has 0 spiro atoms. The summed E-state index contributed by atoms with van der Waals surface area (Å²) in [7, 11) is -2.33. The Hall–Kier alpha value is -0.700. The zero-order valence-corrected chi connectivity index (χ0v) is 12.7. The lowest BCUT2D eigenvalue weighted by Gasteiger charge is -2.26. The summed E-state index contributed by atoms with van der Waals surface area (Å²) in [6.45, 7) is 0.921. The van der Waals surface area contributed by atoms with Crippen LogP contribution >= 0.6 is 11.8 Å². The molecular weight excluding hydrogens is 306 g/mol. The third kappa shape index (κ3) is 3.13. The molecular formula is C12H16F2N2O2S2. The molecule has 0 aromatic heterocycles. The molecule has 20 heavy (non-hydrogen) atoms. The molecule has 0 radical (unpaired) electrons. The predicted molar refractivity (Wildman–Crippen MR) is 75.2 cm³/mol. The number of nitrogens with one attached hydrogen (secondary N) is 1. The molecule has 1 N–H and O–H groups in total. The summed E-state index contributed by atoms with van der Waals surface area (Å²) in [5.74, 6) is -1.11. The summed E-state index contributed by atoms with van der Waals surface area (Å²) in [4.78, 5) is -0.574. The van der Waals surface area contributed by atoms with Crippen molar-refractivity contribution in [2.24, 2.45) is 0 Å². The highest BCUT2D eigenvalue weighted by atomic mass is 32.2. The Labute approximate surface area is 121 Å². The van der Waals surface area contributed by atoms with Gasteiger partial charge in [-0.15, -0.1) is 0 Å². The molecule has 8 heteroatoms. The average molecular weight is 322 g/mol. The van der Waals surface area contributed by atoms with Gasteiger partial charge in [-0.25, -0.2) is 17.2 Å². The first kappa shape index (κ1) is 15.7. The van der Waals surface area contributed by atoms with Gasteiger partial charge in [0.15, 0.2) is 11.6 Å². The Kier molecular flexibility index (Phi) is 5.00. The van der Waals surface area contributed by atoms with Crippen LogP contribution < -0.4 is 5.32 Å². The number of hydrogen-bond acceptors (Lipinski definition) is 4. The number of thioether (sulfide) groups is 1. The third-order valence-corrected chi connectivity index (χ3v) is 5.86. The van der Waals surface area contributed by atoms with Crippen molar-refractivity contribution < 1.29 is 17.2 Å². The van der Waals surface area contributed by atoms with E-state index in [-0.39, 0.29) is 6.54 Å². The van der Waals surface area contributed by atoms with Gasteiger partial charge in [-0.1, -0.05) is 0 Å². The molecule has 1 saturated heterocycles. The van der Waals surface area contributed by atoms with Crippen LogP contribution in [0, 0.1) is 11.6 Å². The maximum Gasteiger partial charge on any atom is 0.246 e. The Morgan fingerprint density at radius 3 is 2.55 bits per heavy atom.